The highest BCUT2D eigenvalue weighted by atomic mass is 32.1. The average Bonchev–Trinajstić information content (AvgIpc) is 4.02. The molecule has 10 aromatic carbocycles. The van der Waals surface area contributed by atoms with Crippen LogP contribution in [0.25, 0.3) is 126 Å². The lowest BCUT2D eigenvalue weighted by Crippen LogP contribution is -2.04. The molecule has 3 aromatic heterocycles. The van der Waals surface area contributed by atoms with Crippen LogP contribution in [-0.2, 0) is 0 Å². The van der Waals surface area contributed by atoms with E-state index in [2.05, 4.69) is 97.1 Å². The van der Waals surface area contributed by atoms with Crippen LogP contribution < -0.4 is 0 Å². The molecule has 5 heteroatoms. The van der Waals surface area contributed by atoms with Crippen LogP contribution in [0.3, 0.4) is 0 Å². The molecule has 0 saturated heterocycles. The number of rotatable bonds is 7. The van der Waals surface area contributed by atoms with E-state index in [0.29, 0.717) is 28.5 Å². The van der Waals surface area contributed by atoms with Gasteiger partial charge in [-0.3, -0.25) is 0 Å². The van der Waals surface area contributed by atoms with Gasteiger partial charge in [-0.25, -0.2) is 15.0 Å². The fraction of sp³-hybridized carbons (Fsp3) is 0. The number of para-hydroxylation sites is 2. The largest absolute Gasteiger partial charge is 0.308 e. The van der Waals surface area contributed by atoms with Crippen molar-refractivity contribution >= 4 is 64.1 Å². The maximum absolute atomic E-state index is 9.41. The summed E-state index contributed by atoms with van der Waals surface area (Å²) in [6.45, 7) is 0. The minimum atomic E-state index is -0.517. The number of benzene rings is 10. The van der Waals surface area contributed by atoms with E-state index in [1.807, 2.05) is 84.9 Å². The van der Waals surface area contributed by atoms with Gasteiger partial charge < -0.3 is 4.57 Å². The summed E-state index contributed by atoms with van der Waals surface area (Å²) >= 11 is 1.75. The van der Waals surface area contributed by atoms with Gasteiger partial charge in [0, 0.05) is 47.6 Å². The highest BCUT2D eigenvalue weighted by Gasteiger charge is 2.21. The van der Waals surface area contributed by atoms with Crippen LogP contribution in [0.1, 0.15) is 11.0 Å². The van der Waals surface area contributed by atoms with E-state index in [1.165, 1.54) is 24.7 Å². The summed E-state index contributed by atoms with van der Waals surface area (Å²) in [6, 6.07) is 57.2. The molecule has 0 atom stereocenters. The van der Waals surface area contributed by atoms with Gasteiger partial charge in [-0.15, -0.1) is 11.3 Å². The topological polar surface area (TPSA) is 43.6 Å². The van der Waals surface area contributed by atoms with Crippen molar-refractivity contribution < 1.29 is 11.0 Å². The summed E-state index contributed by atoms with van der Waals surface area (Å²) < 4.78 is 76.3. The maximum atomic E-state index is 9.41. The van der Waals surface area contributed by atoms with Crippen molar-refractivity contribution in [3.63, 3.8) is 0 Å². The Labute approximate surface area is 396 Å². The number of aromatic nitrogens is 4. The summed E-state index contributed by atoms with van der Waals surface area (Å²) in [5.41, 5.74) is 7.91. The fourth-order valence-electron chi connectivity index (χ4n) is 9.21. The Morgan fingerprint density at radius 1 is 0.364 bits per heavy atom. The molecule has 0 aliphatic rings. The normalized spacial score (nSPS) is 13.3. The molecule has 3 heterocycles. The van der Waals surface area contributed by atoms with Gasteiger partial charge in [0.1, 0.15) is 0 Å². The Hall–Kier alpha value is -8.51. The second-order valence-corrected chi connectivity index (χ2v) is 17.2. The van der Waals surface area contributed by atoms with Gasteiger partial charge >= 0.3 is 0 Å². The van der Waals surface area contributed by atoms with Crippen molar-refractivity contribution in [2.75, 3.05) is 0 Å². The third-order valence-corrected chi connectivity index (χ3v) is 13.6. The van der Waals surface area contributed by atoms with Crippen molar-refractivity contribution in [1.82, 2.24) is 19.5 Å². The van der Waals surface area contributed by atoms with Crippen molar-refractivity contribution in [1.29, 1.82) is 0 Å². The van der Waals surface area contributed by atoms with Gasteiger partial charge in [-0.05, 0) is 80.5 Å². The van der Waals surface area contributed by atoms with Crippen LogP contribution in [0.15, 0.2) is 230 Å². The summed E-state index contributed by atoms with van der Waals surface area (Å²) in [5.74, 6) is 0.972. The SMILES string of the molecule is [2H]c1c([2H])c([2H])c2c(c1[2H])c1c([2H])c([2H])c([2H])c([2H])c1n2-c1cc(-c2ccccc2)ccc1-c1nc(-c2ccc(-c3cccc4ccccc34)cc2)nc(-c2cccc(-c3cccc4c3sc3ccccc34)c2)n1. The molecule has 0 fully saturated rings. The van der Waals surface area contributed by atoms with E-state index in [4.69, 9.17) is 20.4 Å². The first-order chi connectivity index (χ1) is 36.0. The van der Waals surface area contributed by atoms with E-state index in [0.717, 1.165) is 49.7 Å². The molecule has 0 aliphatic carbocycles. The molecule has 13 rings (SSSR count). The Bertz CT molecular complexity index is 4390. The quantitative estimate of drug-likeness (QED) is 0.160. The number of hydrogen-bond acceptors (Lipinski definition) is 4. The average molecular weight is 867 g/mol. The molecule has 4 nitrogen and oxygen atoms in total. The Kier molecular flexibility index (Phi) is 7.24. The van der Waals surface area contributed by atoms with Crippen LogP contribution in [-0.4, -0.2) is 19.5 Å². The highest BCUT2D eigenvalue weighted by molar-refractivity contribution is 7.26. The van der Waals surface area contributed by atoms with Crippen LogP contribution >= 0.6 is 11.3 Å². The number of nitrogens with zero attached hydrogens (tertiary/aromatic N) is 4. The summed E-state index contributed by atoms with van der Waals surface area (Å²) in [5, 5.41) is 4.59. The van der Waals surface area contributed by atoms with Crippen molar-refractivity contribution in [2.24, 2.45) is 0 Å². The lowest BCUT2D eigenvalue weighted by Gasteiger charge is -2.16. The second kappa shape index (κ2) is 15.6. The van der Waals surface area contributed by atoms with Crippen molar-refractivity contribution in [3.8, 4) is 73.2 Å². The minimum absolute atomic E-state index is 0.00824. The number of thiophene rings is 1. The monoisotopic (exact) mass is 866 g/mol. The molecule has 0 amide bonds. The molecule has 0 saturated carbocycles. The van der Waals surface area contributed by atoms with Gasteiger partial charge in [-0.1, -0.05) is 194 Å². The van der Waals surface area contributed by atoms with E-state index >= 15 is 0 Å². The Morgan fingerprint density at radius 3 is 1.76 bits per heavy atom. The van der Waals surface area contributed by atoms with E-state index in [1.54, 1.807) is 11.3 Å². The predicted octanol–water partition coefficient (Wildman–Crippen LogP) is 16.5. The molecule has 0 bridgehead atoms. The first kappa shape index (κ1) is 30.6. The van der Waals surface area contributed by atoms with Crippen LogP contribution in [0.4, 0.5) is 0 Å². The minimum Gasteiger partial charge on any atom is -0.308 e. The van der Waals surface area contributed by atoms with Gasteiger partial charge in [0.2, 0.25) is 0 Å². The Morgan fingerprint density at radius 2 is 0.939 bits per heavy atom. The molecule has 66 heavy (non-hydrogen) atoms. The number of fused-ring (bicyclic) bond motifs is 7. The first-order valence-electron chi connectivity index (χ1n) is 25.6. The zero-order chi connectivity index (χ0) is 50.5. The fourth-order valence-corrected chi connectivity index (χ4v) is 10.4. The molecule has 0 unspecified atom stereocenters. The standard InChI is InChI=1S/C61H38N4S/c1-2-15-39(16-3-1)43-35-36-53(56(38-43)65-54-28-9-6-22-49(54)50-23-7-10-29-55(50)65)61-63-59(42-33-31-41(32-34-42)47-25-13-18-40-17-4-5-21-46(40)47)62-60(64-61)45-20-12-19-44(37-45)48-26-14-27-52-51-24-8-11-30-57(51)66-58(48)52/h1-38H/i6D,7D,9D,10D,22D,23D,28D,29D. The third-order valence-electron chi connectivity index (χ3n) is 12.3. The first-order valence-corrected chi connectivity index (χ1v) is 22.4. The highest BCUT2D eigenvalue weighted by Crippen LogP contribution is 2.42. The summed E-state index contributed by atoms with van der Waals surface area (Å²) in [6.07, 6.45) is 0. The molecule has 0 aliphatic heterocycles. The Balaban J connectivity index is 1.08. The van der Waals surface area contributed by atoms with E-state index in [9.17, 15) is 5.48 Å². The smallest absolute Gasteiger partial charge is 0.166 e. The molecule has 308 valence electrons. The van der Waals surface area contributed by atoms with E-state index < -0.39 is 48.3 Å². The number of hydrogen-bond donors (Lipinski definition) is 0. The molecule has 0 N–H and O–H groups in total. The van der Waals surface area contributed by atoms with Gasteiger partial charge in [0.05, 0.1) is 27.7 Å². The summed E-state index contributed by atoms with van der Waals surface area (Å²) in [4.78, 5) is 15.7. The van der Waals surface area contributed by atoms with Gasteiger partial charge in [-0.2, -0.15) is 0 Å². The maximum Gasteiger partial charge on any atom is 0.166 e. The van der Waals surface area contributed by atoms with Gasteiger partial charge in [0.25, 0.3) is 0 Å². The molecule has 13 aromatic rings. The van der Waals surface area contributed by atoms with Crippen LogP contribution in [0.5, 0.6) is 0 Å². The zero-order valence-corrected chi connectivity index (χ0v) is 35.8. The zero-order valence-electron chi connectivity index (χ0n) is 43.0. The lowest BCUT2D eigenvalue weighted by molar-refractivity contribution is 1.06. The summed E-state index contributed by atoms with van der Waals surface area (Å²) in [7, 11) is 0. The second-order valence-electron chi connectivity index (χ2n) is 16.2. The predicted molar refractivity (Wildman–Crippen MR) is 277 cm³/mol. The molecular weight excluding hydrogens is 821 g/mol. The van der Waals surface area contributed by atoms with Crippen LogP contribution in [0.2, 0.25) is 0 Å². The van der Waals surface area contributed by atoms with Crippen molar-refractivity contribution in [2.45, 2.75) is 0 Å². The lowest BCUT2D eigenvalue weighted by atomic mass is 9.97. The van der Waals surface area contributed by atoms with Crippen LogP contribution in [0, 0.1) is 0 Å². The van der Waals surface area contributed by atoms with Crippen molar-refractivity contribution in [3.05, 3.63) is 230 Å². The molecular formula is C61H38N4S. The third kappa shape index (κ3) is 6.40. The molecule has 0 radical (unpaired) electrons. The van der Waals surface area contributed by atoms with E-state index in [-0.39, 0.29) is 27.6 Å². The molecule has 0 spiro atoms. The van der Waals surface area contributed by atoms with Gasteiger partial charge in [0.15, 0.2) is 17.5 Å².